The molecule has 4 aliphatic carbocycles. The Balaban J connectivity index is 1.85. The highest BCUT2D eigenvalue weighted by molar-refractivity contribution is 6.01. The normalized spacial score (nSPS) is 50.4. The first-order chi connectivity index (χ1) is 12.6. The second-order valence-electron chi connectivity index (χ2n) is 9.32. The second-order valence-corrected chi connectivity index (χ2v) is 9.32. The summed E-state index contributed by atoms with van der Waals surface area (Å²) in [7, 11) is 0. The quantitative estimate of drug-likeness (QED) is 0.418. The van der Waals surface area contributed by atoms with Gasteiger partial charge in [-0.05, 0) is 67.6 Å². The van der Waals surface area contributed by atoms with Gasteiger partial charge in [0, 0.05) is 11.3 Å². The van der Waals surface area contributed by atoms with Crippen LogP contribution in [-0.4, -0.2) is 34.1 Å². The zero-order valence-electron chi connectivity index (χ0n) is 16.0. The third-order valence-corrected chi connectivity index (χ3v) is 8.13. The first kappa shape index (κ1) is 18.6. The summed E-state index contributed by atoms with van der Waals surface area (Å²) in [6, 6.07) is 0. The van der Waals surface area contributed by atoms with E-state index >= 15 is 4.39 Å². The van der Waals surface area contributed by atoms with E-state index < -0.39 is 28.5 Å². The van der Waals surface area contributed by atoms with Crippen molar-refractivity contribution < 1.29 is 24.2 Å². The van der Waals surface area contributed by atoms with Gasteiger partial charge in [0.1, 0.15) is 0 Å². The number of aliphatic hydroxyl groups excluding tert-OH is 2. The molecule has 0 bridgehead atoms. The second kappa shape index (κ2) is 5.63. The van der Waals surface area contributed by atoms with Crippen molar-refractivity contribution in [2.24, 2.45) is 28.6 Å². The Hall–Kier alpha value is -1.75. The highest BCUT2D eigenvalue weighted by Gasteiger charge is 2.70. The van der Waals surface area contributed by atoms with Crippen molar-refractivity contribution >= 4 is 12.1 Å². The zero-order valence-corrected chi connectivity index (χ0v) is 16.0. The molecule has 0 unspecified atom stereocenters. The van der Waals surface area contributed by atoms with Crippen molar-refractivity contribution in [3.63, 3.8) is 0 Å². The minimum atomic E-state index is -1.87. The molecule has 4 aliphatic rings. The summed E-state index contributed by atoms with van der Waals surface area (Å²) in [5.74, 6) is -0.895. The fraction of sp³-hybridized carbons (Fsp3) is 0.636. The number of halogens is 1. The average molecular weight is 374 g/mol. The van der Waals surface area contributed by atoms with Crippen LogP contribution >= 0.6 is 0 Å². The number of hydrogen-bond donors (Lipinski definition) is 2. The molecular formula is C22H27FO4. The van der Waals surface area contributed by atoms with Gasteiger partial charge in [-0.1, -0.05) is 25.5 Å². The largest absolute Gasteiger partial charge is 0.505 e. The topological polar surface area (TPSA) is 74.6 Å². The number of aliphatic hydroxyl groups is 2. The lowest BCUT2D eigenvalue weighted by molar-refractivity contribution is -0.184. The smallest absolute Gasteiger partial charge is 0.184 e. The molecule has 5 heteroatoms. The summed E-state index contributed by atoms with van der Waals surface area (Å²) >= 11 is 0. The molecule has 4 rings (SSSR count). The van der Waals surface area contributed by atoms with Crippen LogP contribution in [0, 0.1) is 28.6 Å². The third kappa shape index (κ3) is 2.12. The van der Waals surface area contributed by atoms with E-state index in [-0.39, 0.29) is 29.8 Å². The SMILES string of the molecule is C[C@H]1C[C@H]2[C@@H]3CCC4=CC(=O)C=C[C@]4(C)[C@@]3(F)[C@@H](O)C[C@]2(C)/C1=C(/O)C=O. The Bertz CT molecular complexity index is 811. The minimum absolute atomic E-state index is 0.0343. The van der Waals surface area contributed by atoms with Crippen LogP contribution in [0.15, 0.2) is 35.1 Å². The highest BCUT2D eigenvalue weighted by atomic mass is 19.1. The van der Waals surface area contributed by atoms with Crippen molar-refractivity contribution in [1.29, 1.82) is 0 Å². The molecular weight excluding hydrogens is 347 g/mol. The fourth-order valence-electron chi connectivity index (χ4n) is 6.97. The molecule has 0 aliphatic heterocycles. The Morgan fingerprint density at radius 2 is 2.04 bits per heavy atom. The van der Waals surface area contributed by atoms with Crippen molar-refractivity contribution in [3.05, 3.63) is 35.1 Å². The predicted octanol–water partition coefficient (Wildman–Crippen LogP) is 3.61. The molecule has 0 aromatic rings. The van der Waals surface area contributed by atoms with Crippen LogP contribution in [-0.2, 0) is 9.59 Å². The van der Waals surface area contributed by atoms with Crippen LogP contribution in [0.2, 0.25) is 0 Å². The minimum Gasteiger partial charge on any atom is -0.505 e. The van der Waals surface area contributed by atoms with Gasteiger partial charge in [0.15, 0.2) is 23.5 Å². The molecule has 0 radical (unpaired) electrons. The van der Waals surface area contributed by atoms with Gasteiger partial charge in [0.25, 0.3) is 0 Å². The van der Waals surface area contributed by atoms with Gasteiger partial charge in [-0.15, -0.1) is 0 Å². The van der Waals surface area contributed by atoms with Crippen LogP contribution in [0.1, 0.15) is 46.5 Å². The van der Waals surface area contributed by atoms with Crippen molar-refractivity contribution in [2.45, 2.75) is 58.2 Å². The van der Waals surface area contributed by atoms with Crippen LogP contribution in [0.25, 0.3) is 0 Å². The lowest BCUT2D eigenvalue weighted by Gasteiger charge is -2.61. The van der Waals surface area contributed by atoms with E-state index in [4.69, 9.17) is 0 Å². The summed E-state index contributed by atoms with van der Waals surface area (Å²) < 4.78 is 16.8. The highest BCUT2D eigenvalue weighted by Crippen LogP contribution is 2.69. The number of carbonyl (C=O) groups excluding carboxylic acids is 2. The number of fused-ring (bicyclic) bond motifs is 5. The number of alkyl halides is 1. The average Bonchev–Trinajstić information content (AvgIpc) is 2.86. The van der Waals surface area contributed by atoms with Gasteiger partial charge in [-0.3, -0.25) is 9.59 Å². The predicted molar refractivity (Wildman–Crippen MR) is 98.6 cm³/mol. The Labute approximate surface area is 158 Å². The van der Waals surface area contributed by atoms with E-state index in [1.807, 2.05) is 13.8 Å². The maximum Gasteiger partial charge on any atom is 0.184 e. The summed E-state index contributed by atoms with van der Waals surface area (Å²) in [6.07, 6.45) is 5.82. The van der Waals surface area contributed by atoms with Crippen LogP contribution in [0.3, 0.4) is 0 Å². The summed E-state index contributed by atoms with van der Waals surface area (Å²) in [6.45, 7) is 5.70. The van der Waals surface area contributed by atoms with Gasteiger partial charge in [-0.25, -0.2) is 4.39 Å². The third-order valence-electron chi connectivity index (χ3n) is 8.13. The summed E-state index contributed by atoms with van der Waals surface area (Å²) in [5.41, 5.74) is -2.06. The van der Waals surface area contributed by atoms with E-state index in [1.165, 1.54) is 12.2 Å². The van der Waals surface area contributed by atoms with E-state index in [9.17, 15) is 19.8 Å². The molecule has 0 amide bonds. The molecule has 0 aromatic heterocycles. The first-order valence-corrected chi connectivity index (χ1v) is 9.79. The van der Waals surface area contributed by atoms with Crippen LogP contribution < -0.4 is 0 Å². The number of rotatable bonds is 1. The molecule has 3 fully saturated rings. The number of aldehydes is 1. The maximum absolute atomic E-state index is 16.8. The molecule has 27 heavy (non-hydrogen) atoms. The van der Waals surface area contributed by atoms with Gasteiger partial charge in [0.05, 0.1) is 6.10 Å². The molecule has 0 heterocycles. The molecule has 4 nitrogen and oxygen atoms in total. The monoisotopic (exact) mass is 374 g/mol. The van der Waals surface area contributed by atoms with Gasteiger partial charge < -0.3 is 10.2 Å². The molecule has 0 spiro atoms. The molecule has 0 aromatic carbocycles. The lowest BCUT2D eigenvalue weighted by atomic mass is 9.45. The summed E-state index contributed by atoms with van der Waals surface area (Å²) in [4.78, 5) is 23.1. The number of carbonyl (C=O) groups is 2. The molecule has 7 atom stereocenters. The van der Waals surface area contributed by atoms with Crippen molar-refractivity contribution in [2.75, 3.05) is 0 Å². The standard InChI is InChI=1S/C22H27FO4/c1-12-8-16-15-5-4-13-9-14(25)6-7-21(13,3)22(15,23)18(27)10-20(16,2)19(12)17(26)11-24/h6-7,9,11-12,15-16,18,26-27H,4-5,8,10H2,1-3H3/b19-17+/t12-,15-,16-,18-,20-,21-,22-/m0/s1. The van der Waals surface area contributed by atoms with E-state index in [1.54, 1.807) is 13.0 Å². The molecule has 0 saturated heterocycles. The Morgan fingerprint density at radius 3 is 2.70 bits per heavy atom. The lowest BCUT2D eigenvalue weighted by Crippen LogP contribution is -2.66. The van der Waals surface area contributed by atoms with E-state index in [0.717, 1.165) is 5.57 Å². The van der Waals surface area contributed by atoms with Gasteiger partial charge in [-0.2, -0.15) is 0 Å². The fourth-order valence-corrected chi connectivity index (χ4v) is 6.97. The number of ketones is 1. The van der Waals surface area contributed by atoms with E-state index in [2.05, 4.69) is 0 Å². The maximum atomic E-state index is 16.8. The first-order valence-electron chi connectivity index (χ1n) is 9.79. The van der Waals surface area contributed by atoms with Crippen LogP contribution in [0.5, 0.6) is 0 Å². The Kier molecular flexibility index (Phi) is 3.88. The molecule has 2 N–H and O–H groups in total. The van der Waals surface area contributed by atoms with Gasteiger partial charge in [0.2, 0.25) is 0 Å². The summed E-state index contributed by atoms with van der Waals surface area (Å²) in [5, 5.41) is 21.3. The number of hydrogen-bond acceptors (Lipinski definition) is 4. The van der Waals surface area contributed by atoms with E-state index in [0.29, 0.717) is 31.1 Å². The van der Waals surface area contributed by atoms with Crippen molar-refractivity contribution in [1.82, 2.24) is 0 Å². The molecule has 3 saturated carbocycles. The molecule has 146 valence electrons. The van der Waals surface area contributed by atoms with Crippen LogP contribution in [0.4, 0.5) is 4.39 Å². The number of allylic oxidation sites excluding steroid dienone is 6. The van der Waals surface area contributed by atoms with Gasteiger partial charge >= 0.3 is 0 Å². The Morgan fingerprint density at radius 1 is 1.33 bits per heavy atom. The zero-order chi connectivity index (χ0) is 19.8. The van der Waals surface area contributed by atoms with Crippen molar-refractivity contribution in [3.8, 4) is 0 Å².